The van der Waals surface area contributed by atoms with Crippen molar-refractivity contribution in [2.45, 2.75) is 26.4 Å². The van der Waals surface area contributed by atoms with Gasteiger partial charge in [0.2, 0.25) is 5.82 Å². The van der Waals surface area contributed by atoms with Gasteiger partial charge >= 0.3 is 17.5 Å². The Hall–Kier alpha value is -3.30. The molecular weight excluding hydrogens is 342 g/mol. The van der Waals surface area contributed by atoms with E-state index in [-0.39, 0.29) is 24.0 Å². The van der Waals surface area contributed by atoms with Crippen molar-refractivity contribution < 1.29 is 19.2 Å². The summed E-state index contributed by atoms with van der Waals surface area (Å²) in [6.07, 6.45) is 4.07. The highest BCUT2D eigenvalue weighted by molar-refractivity contribution is 5.77. The van der Waals surface area contributed by atoms with Crippen LogP contribution in [0, 0.1) is 10.1 Å². The quantitative estimate of drug-likeness (QED) is 0.433. The van der Waals surface area contributed by atoms with Gasteiger partial charge in [-0.15, -0.1) is 0 Å². The molecule has 0 saturated heterocycles. The maximum Gasteiger partial charge on any atom is 0.373 e. The van der Waals surface area contributed by atoms with Crippen molar-refractivity contribution in [2.75, 3.05) is 18.5 Å². The van der Waals surface area contributed by atoms with E-state index >= 15 is 0 Å². The number of likely N-dealkylation sites (N-methyl/N-ethyl adjacent to an activating group) is 1. The van der Waals surface area contributed by atoms with Crippen LogP contribution in [0.25, 0.3) is 0 Å². The lowest BCUT2D eigenvalue weighted by atomic mass is 10.2. The van der Waals surface area contributed by atoms with Crippen LogP contribution in [0.2, 0.25) is 0 Å². The molecule has 2 rings (SSSR count). The molecule has 0 saturated carbocycles. The third kappa shape index (κ3) is 5.10. The number of hydrogen-bond acceptors (Lipinski definition) is 9. The van der Waals surface area contributed by atoms with E-state index < -0.39 is 22.2 Å². The van der Waals surface area contributed by atoms with Crippen molar-refractivity contribution in [1.29, 1.82) is 0 Å². The number of rotatable bonds is 6. The molecule has 26 heavy (non-hydrogen) atoms. The van der Waals surface area contributed by atoms with Crippen molar-refractivity contribution in [2.24, 2.45) is 0 Å². The first-order chi connectivity index (χ1) is 12.2. The van der Waals surface area contributed by atoms with E-state index in [1.807, 2.05) is 0 Å². The predicted octanol–water partition coefficient (Wildman–Crippen LogP) is 2.35. The number of carbonyl (C=O) groups excluding carboxylic acids is 1. The van der Waals surface area contributed by atoms with Crippen molar-refractivity contribution in [1.82, 2.24) is 15.0 Å². The Balaban J connectivity index is 2.29. The second-order valence-electron chi connectivity index (χ2n) is 6.34. The van der Waals surface area contributed by atoms with Crippen molar-refractivity contribution in [3.05, 3.63) is 41.0 Å². The highest BCUT2D eigenvalue weighted by atomic mass is 16.6. The molecule has 0 aliphatic carbocycles. The normalized spacial score (nSPS) is 10.9. The largest absolute Gasteiger partial charge is 0.459 e. The van der Waals surface area contributed by atoms with Crippen LogP contribution >= 0.6 is 0 Å². The molecule has 0 amide bonds. The third-order valence-electron chi connectivity index (χ3n) is 2.95. The molecule has 0 aromatic carbocycles. The standard InChI is InChI=1S/C16H19N5O5/c1-16(2,3)26-12(22)9-20(4)14-13(21(23)24)15(19-10-18-14)25-11-6-5-7-17-8-11/h5-8,10H,9H2,1-4H3. The minimum Gasteiger partial charge on any atom is -0.459 e. The highest BCUT2D eigenvalue weighted by Crippen LogP contribution is 2.35. The molecule has 10 nitrogen and oxygen atoms in total. The summed E-state index contributed by atoms with van der Waals surface area (Å²) in [6, 6.07) is 3.21. The van der Waals surface area contributed by atoms with Crippen molar-refractivity contribution in [3.8, 4) is 11.6 Å². The van der Waals surface area contributed by atoms with Gasteiger partial charge in [-0.3, -0.25) is 19.9 Å². The van der Waals surface area contributed by atoms with E-state index in [0.29, 0.717) is 0 Å². The van der Waals surface area contributed by atoms with Crippen LogP contribution in [0.5, 0.6) is 11.6 Å². The number of esters is 1. The van der Waals surface area contributed by atoms with Crippen LogP contribution in [-0.2, 0) is 9.53 Å². The second-order valence-corrected chi connectivity index (χ2v) is 6.34. The average Bonchev–Trinajstić information content (AvgIpc) is 2.53. The highest BCUT2D eigenvalue weighted by Gasteiger charge is 2.29. The Morgan fingerprint density at radius 1 is 1.35 bits per heavy atom. The van der Waals surface area contributed by atoms with Gasteiger partial charge in [-0.05, 0) is 32.9 Å². The van der Waals surface area contributed by atoms with E-state index in [1.165, 1.54) is 18.1 Å². The Morgan fingerprint density at radius 3 is 2.65 bits per heavy atom. The molecule has 0 spiro atoms. The molecule has 0 aliphatic rings. The van der Waals surface area contributed by atoms with E-state index in [9.17, 15) is 14.9 Å². The molecule has 0 unspecified atom stereocenters. The zero-order valence-electron chi connectivity index (χ0n) is 14.9. The van der Waals surface area contributed by atoms with Gasteiger partial charge < -0.3 is 14.4 Å². The lowest BCUT2D eigenvalue weighted by Crippen LogP contribution is -2.33. The molecule has 0 atom stereocenters. The molecule has 0 bridgehead atoms. The Kier molecular flexibility index (Phi) is 5.65. The molecule has 2 heterocycles. The van der Waals surface area contributed by atoms with Crippen LogP contribution in [0.4, 0.5) is 11.5 Å². The first kappa shape index (κ1) is 19.0. The fraction of sp³-hybridized carbons (Fsp3) is 0.375. The lowest BCUT2D eigenvalue weighted by molar-refractivity contribution is -0.385. The molecule has 10 heteroatoms. The number of hydrogen-bond donors (Lipinski definition) is 0. The Bertz CT molecular complexity index is 791. The number of carbonyl (C=O) groups is 1. The Morgan fingerprint density at radius 2 is 2.08 bits per heavy atom. The summed E-state index contributed by atoms with van der Waals surface area (Å²) in [7, 11) is 1.49. The van der Waals surface area contributed by atoms with Crippen LogP contribution in [-0.4, -0.2) is 45.0 Å². The van der Waals surface area contributed by atoms with E-state index in [1.54, 1.807) is 39.1 Å². The number of nitrogens with zero attached hydrogens (tertiary/aromatic N) is 5. The SMILES string of the molecule is CN(CC(=O)OC(C)(C)C)c1ncnc(Oc2cccnc2)c1[N+](=O)[O-]. The number of nitro groups is 1. The predicted molar refractivity (Wildman–Crippen MR) is 92.1 cm³/mol. The van der Waals surface area contributed by atoms with Crippen LogP contribution in [0.1, 0.15) is 20.8 Å². The summed E-state index contributed by atoms with van der Waals surface area (Å²) in [5, 5.41) is 11.5. The summed E-state index contributed by atoms with van der Waals surface area (Å²) in [5.74, 6) is -0.559. The van der Waals surface area contributed by atoms with Gasteiger partial charge in [0.05, 0.1) is 11.1 Å². The summed E-state index contributed by atoms with van der Waals surface area (Å²) < 4.78 is 10.7. The summed E-state index contributed by atoms with van der Waals surface area (Å²) >= 11 is 0. The smallest absolute Gasteiger partial charge is 0.373 e. The van der Waals surface area contributed by atoms with E-state index in [4.69, 9.17) is 9.47 Å². The molecular formula is C16H19N5O5. The summed E-state index contributed by atoms with van der Waals surface area (Å²) in [4.78, 5) is 35.8. The minimum absolute atomic E-state index is 0.0604. The molecule has 0 radical (unpaired) electrons. The van der Waals surface area contributed by atoms with Gasteiger partial charge in [0, 0.05) is 13.2 Å². The van der Waals surface area contributed by atoms with E-state index in [2.05, 4.69) is 15.0 Å². The Labute approximate surface area is 150 Å². The van der Waals surface area contributed by atoms with Gasteiger partial charge in [0.15, 0.2) is 0 Å². The molecule has 0 fully saturated rings. The topological polar surface area (TPSA) is 121 Å². The second kappa shape index (κ2) is 7.72. The van der Waals surface area contributed by atoms with Crippen molar-refractivity contribution >= 4 is 17.5 Å². The van der Waals surface area contributed by atoms with Gasteiger partial charge in [0.25, 0.3) is 0 Å². The molecule has 138 valence electrons. The molecule has 2 aromatic rings. The fourth-order valence-electron chi connectivity index (χ4n) is 2.03. The lowest BCUT2D eigenvalue weighted by Gasteiger charge is -2.23. The minimum atomic E-state index is -0.663. The number of ether oxygens (including phenoxy) is 2. The van der Waals surface area contributed by atoms with Crippen LogP contribution in [0.3, 0.4) is 0 Å². The van der Waals surface area contributed by atoms with Gasteiger partial charge in [0.1, 0.15) is 24.2 Å². The number of pyridine rings is 1. The van der Waals surface area contributed by atoms with Gasteiger partial charge in [-0.1, -0.05) is 0 Å². The maximum atomic E-state index is 12.0. The number of aromatic nitrogens is 3. The van der Waals surface area contributed by atoms with Crippen molar-refractivity contribution in [3.63, 3.8) is 0 Å². The van der Waals surface area contributed by atoms with Crippen LogP contribution in [0.15, 0.2) is 30.9 Å². The number of anilines is 1. The maximum absolute atomic E-state index is 12.0. The van der Waals surface area contributed by atoms with Gasteiger partial charge in [-0.2, -0.15) is 4.98 Å². The monoisotopic (exact) mass is 361 g/mol. The molecule has 0 aliphatic heterocycles. The zero-order chi connectivity index (χ0) is 19.3. The average molecular weight is 361 g/mol. The molecule has 0 N–H and O–H groups in total. The first-order valence-corrected chi connectivity index (χ1v) is 7.67. The third-order valence-corrected chi connectivity index (χ3v) is 2.95. The van der Waals surface area contributed by atoms with Crippen LogP contribution < -0.4 is 9.64 Å². The molecule has 2 aromatic heterocycles. The summed E-state index contributed by atoms with van der Waals surface area (Å²) in [6.45, 7) is 4.98. The first-order valence-electron chi connectivity index (χ1n) is 7.67. The van der Waals surface area contributed by atoms with Gasteiger partial charge in [-0.25, -0.2) is 4.98 Å². The van der Waals surface area contributed by atoms with E-state index in [0.717, 1.165) is 6.33 Å². The summed E-state index contributed by atoms with van der Waals surface area (Å²) in [5.41, 5.74) is -1.12. The zero-order valence-corrected chi connectivity index (χ0v) is 14.9. The fourth-order valence-corrected chi connectivity index (χ4v) is 2.03.